The van der Waals surface area contributed by atoms with Crippen LogP contribution in [0.5, 0.6) is 0 Å². The second-order valence-electron chi connectivity index (χ2n) is 7.06. The largest absolute Gasteiger partial charge is 0.470 e. The highest BCUT2D eigenvalue weighted by molar-refractivity contribution is 5.74. The molecule has 1 aromatic carbocycles. The minimum atomic E-state index is -0.512. The summed E-state index contributed by atoms with van der Waals surface area (Å²) in [7, 11) is 0. The third-order valence-corrected chi connectivity index (χ3v) is 4.38. The molecule has 1 aliphatic heterocycles. The van der Waals surface area contributed by atoms with E-state index in [0.29, 0.717) is 5.76 Å². The van der Waals surface area contributed by atoms with Crippen LogP contribution in [0.3, 0.4) is 0 Å². The van der Waals surface area contributed by atoms with Crippen molar-refractivity contribution in [2.75, 3.05) is 0 Å². The Bertz CT molecular complexity index is 697. The van der Waals surface area contributed by atoms with Crippen LogP contribution in [0.4, 0.5) is 0 Å². The Hall–Kier alpha value is -2.13. The van der Waals surface area contributed by atoms with Gasteiger partial charge in [0.1, 0.15) is 0 Å². The van der Waals surface area contributed by atoms with E-state index in [2.05, 4.69) is 56.1 Å². The van der Waals surface area contributed by atoms with Crippen LogP contribution in [0.15, 0.2) is 59.5 Å². The van der Waals surface area contributed by atoms with E-state index in [9.17, 15) is 5.11 Å². The minimum absolute atomic E-state index is 0.0898. The molecule has 0 fully saturated rings. The Morgan fingerprint density at radius 1 is 1.40 bits per heavy atom. The van der Waals surface area contributed by atoms with Gasteiger partial charge in [-0.2, -0.15) is 0 Å². The van der Waals surface area contributed by atoms with E-state index in [1.807, 2.05) is 19.2 Å². The van der Waals surface area contributed by atoms with E-state index in [4.69, 9.17) is 4.74 Å². The van der Waals surface area contributed by atoms with Crippen LogP contribution in [-0.4, -0.2) is 17.4 Å². The van der Waals surface area contributed by atoms with E-state index in [1.165, 1.54) is 16.7 Å². The highest BCUT2D eigenvalue weighted by Gasteiger charge is 2.24. The van der Waals surface area contributed by atoms with Crippen LogP contribution in [0.2, 0.25) is 0 Å². The van der Waals surface area contributed by atoms with Gasteiger partial charge < -0.3 is 9.84 Å². The number of ether oxygens (including phenoxy) is 1. The van der Waals surface area contributed by atoms with E-state index in [0.717, 1.165) is 6.42 Å². The fourth-order valence-corrected chi connectivity index (χ4v) is 2.97. The Morgan fingerprint density at radius 2 is 2.16 bits per heavy atom. The predicted molar refractivity (Wildman–Crippen MR) is 105 cm³/mol. The van der Waals surface area contributed by atoms with E-state index in [1.54, 1.807) is 19.3 Å². The average molecular weight is 339 g/mol. The molecule has 0 radical (unpaired) electrons. The summed E-state index contributed by atoms with van der Waals surface area (Å²) in [5.74, 6) is 0.687. The molecule has 0 spiro atoms. The number of nitrogens with zero attached hydrogens (tertiary/aromatic N) is 1. The van der Waals surface area contributed by atoms with Crippen molar-refractivity contribution >= 4 is 6.21 Å². The van der Waals surface area contributed by atoms with Gasteiger partial charge in [0.25, 0.3) is 0 Å². The van der Waals surface area contributed by atoms with Crippen molar-refractivity contribution in [3.8, 4) is 0 Å². The standard InChI is InChI=1S/C22H29NO2/c1-6-18-9-10-20(19(15-18)21-8-7-12-23-21)22(4,5)11-13-25-17(3)14-16(2)24/h7-16,21,24H,6H2,1-5H3/b13-11+,17-14-. The van der Waals surface area contributed by atoms with Crippen molar-refractivity contribution in [3.63, 3.8) is 0 Å². The third kappa shape index (κ3) is 5.17. The number of allylic oxidation sites excluding steroid dienone is 3. The lowest BCUT2D eigenvalue weighted by atomic mass is 9.79. The second kappa shape index (κ2) is 8.30. The molecule has 3 nitrogen and oxygen atoms in total. The van der Waals surface area contributed by atoms with Crippen LogP contribution >= 0.6 is 0 Å². The van der Waals surface area contributed by atoms with Gasteiger partial charge in [-0.3, -0.25) is 4.99 Å². The van der Waals surface area contributed by atoms with Gasteiger partial charge in [0.2, 0.25) is 0 Å². The van der Waals surface area contributed by atoms with Gasteiger partial charge in [0, 0.05) is 11.6 Å². The maximum atomic E-state index is 9.37. The van der Waals surface area contributed by atoms with Crippen LogP contribution in [0, 0.1) is 0 Å². The molecule has 0 aromatic heterocycles. The predicted octanol–water partition coefficient (Wildman–Crippen LogP) is 5.02. The molecule has 134 valence electrons. The van der Waals surface area contributed by atoms with Crippen molar-refractivity contribution in [2.45, 2.75) is 58.6 Å². The maximum absolute atomic E-state index is 9.37. The molecule has 1 aliphatic rings. The van der Waals surface area contributed by atoms with Gasteiger partial charge in [0.05, 0.1) is 24.2 Å². The van der Waals surface area contributed by atoms with Gasteiger partial charge in [-0.05, 0) is 55.2 Å². The lowest BCUT2D eigenvalue weighted by molar-refractivity contribution is 0.234. The summed E-state index contributed by atoms with van der Waals surface area (Å²) >= 11 is 0. The maximum Gasteiger partial charge on any atom is 0.0986 e. The molecule has 1 N–H and O–H groups in total. The fraction of sp³-hybridized carbons (Fsp3) is 0.409. The molecule has 1 aromatic rings. The van der Waals surface area contributed by atoms with Gasteiger partial charge in [-0.1, -0.05) is 45.0 Å². The summed E-state index contributed by atoms with van der Waals surface area (Å²) in [4.78, 5) is 4.57. The molecule has 0 bridgehead atoms. The molecular weight excluding hydrogens is 310 g/mol. The zero-order valence-corrected chi connectivity index (χ0v) is 15.9. The number of aliphatic hydroxyl groups is 1. The monoisotopic (exact) mass is 339 g/mol. The van der Waals surface area contributed by atoms with Gasteiger partial charge in [-0.25, -0.2) is 0 Å². The van der Waals surface area contributed by atoms with Crippen molar-refractivity contribution in [3.05, 3.63) is 71.2 Å². The topological polar surface area (TPSA) is 41.8 Å². The van der Waals surface area contributed by atoms with E-state index >= 15 is 0 Å². The molecule has 0 aliphatic carbocycles. The van der Waals surface area contributed by atoms with E-state index in [-0.39, 0.29) is 11.5 Å². The molecule has 0 saturated carbocycles. The zero-order chi connectivity index (χ0) is 18.4. The Kier molecular flexibility index (Phi) is 6.38. The summed E-state index contributed by atoms with van der Waals surface area (Å²) in [6.07, 6.45) is 11.9. The number of benzene rings is 1. The summed E-state index contributed by atoms with van der Waals surface area (Å²) < 4.78 is 5.60. The smallest absolute Gasteiger partial charge is 0.0986 e. The van der Waals surface area contributed by atoms with Crippen molar-refractivity contribution in [1.82, 2.24) is 0 Å². The first kappa shape index (κ1) is 19.2. The van der Waals surface area contributed by atoms with Crippen LogP contribution in [0.1, 0.15) is 57.4 Å². The van der Waals surface area contributed by atoms with Gasteiger partial charge in [-0.15, -0.1) is 0 Å². The summed E-state index contributed by atoms with van der Waals surface area (Å²) in [5.41, 5.74) is 3.62. The Morgan fingerprint density at radius 3 is 2.76 bits per heavy atom. The van der Waals surface area contributed by atoms with E-state index < -0.39 is 6.10 Å². The van der Waals surface area contributed by atoms with Gasteiger partial charge in [0.15, 0.2) is 0 Å². The third-order valence-electron chi connectivity index (χ3n) is 4.38. The van der Waals surface area contributed by atoms with Crippen LogP contribution < -0.4 is 0 Å². The quantitative estimate of drug-likeness (QED) is 0.708. The highest BCUT2D eigenvalue weighted by atomic mass is 16.5. The number of aliphatic hydroxyl groups excluding tert-OH is 1. The molecule has 2 unspecified atom stereocenters. The fourth-order valence-electron chi connectivity index (χ4n) is 2.97. The Balaban J connectivity index is 2.28. The highest BCUT2D eigenvalue weighted by Crippen LogP contribution is 2.35. The molecule has 0 saturated heterocycles. The summed E-state index contributed by atoms with van der Waals surface area (Å²) in [5, 5.41) is 9.37. The number of hydrogen-bond acceptors (Lipinski definition) is 3. The number of aliphatic imine (C=N–C) groups is 1. The molecule has 3 heteroatoms. The molecule has 0 amide bonds. The van der Waals surface area contributed by atoms with Gasteiger partial charge >= 0.3 is 0 Å². The summed E-state index contributed by atoms with van der Waals surface area (Å²) in [6, 6.07) is 6.75. The first-order chi connectivity index (χ1) is 11.8. The molecule has 2 atom stereocenters. The summed E-state index contributed by atoms with van der Waals surface area (Å²) in [6.45, 7) is 10.1. The molecule has 25 heavy (non-hydrogen) atoms. The van der Waals surface area contributed by atoms with Crippen LogP contribution in [-0.2, 0) is 16.6 Å². The second-order valence-corrected chi connectivity index (χ2v) is 7.06. The van der Waals surface area contributed by atoms with Crippen molar-refractivity contribution in [2.24, 2.45) is 4.99 Å². The lowest BCUT2D eigenvalue weighted by Gasteiger charge is -2.26. The number of rotatable bonds is 7. The SMILES string of the molecule is CCc1ccc(C(C)(C)/C=C/O/C(C)=C\C(C)O)c(C2C=CC=N2)c1. The average Bonchev–Trinajstić information content (AvgIpc) is 3.07. The molecule has 2 rings (SSSR count). The lowest BCUT2D eigenvalue weighted by Crippen LogP contribution is -2.17. The van der Waals surface area contributed by atoms with Crippen molar-refractivity contribution in [1.29, 1.82) is 0 Å². The molecular formula is C22H29NO2. The zero-order valence-electron chi connectivity index (χ0n) is 15.9. The Labute approximate surface area is 151 Å². The van der Waals surface area contributed by atoms with Crippen molar-refractivity contribution < 1.29 is 9.84 Å². The van der Waals surface area contributed by atoms with Crippen LogP contribution in [0.25, 0.3) is 0 Å². The first-order valence-electron chi connectivity index (χ1n) is 8.87. The minimum Gasteiger partial charge on any atom is -0.470 e. The molecule has 1 heterocycles. The number of hydrogen-bond donors (Lipinski definition) is 1. The normalized spacial score (nSPS) is 19.0. The number of aryl methyl sites for hydroxylation is 1. The first-order valence-corrected chi connectivity index (χ1v) is 8.87.